The molecule has 0 saturated carbocycles. The van der Waals surface area contributed by atoms with Crippen molar-refractivity contribution in [3.63, 3.8) is 0 Å². The van der Waals surface area contributed by atoms with E-state index in [1.165, 1.54) is 0 Å². The smallest absolute Gasteiger partial charge is 0.326 e. The van der Waals surface area contributed by atoms with Gasteiger partial charge in [-0.2, -0.15) is 0 Å². The zero-order chi connectivity index (χ0) is 13.7. The van der Waals surface area contributed by atoms with Crippen molar-refractivity contribution in [1.29, 1.82) is 0 Å². The van der Waals surface area contributed by atoms with E-state index in [4.69, 9.17) is 5.11 Å². The van der Waals surface area contributed by atoms with Crippen LogP contribution in [0.4, 0.5) is 0 Å². The summed E-state index contributed by atoms with van der Waals surface area (Å²) in [6.45, 7) is 5.44. The lowest BCUT2D eigenvalue weighted by Crippen LogP contribution is -2.44. The van der Waals surface area contributed by atoms with E-state index in [1.54, 1.807) is 13.8 Å². The lowest BCUT2D eigenvalue weighted by atomic mass is 10.0. The summed E-state index contributed by atoms with van der Waals surface area (Å²) in [5.74, 6) is -1.47. The van der Waals surface area contributed by atoms with Crippen molar-refractivity contribution in [2.75, 3.05) is 0 Å². The zero-order valence-electron chi connectivity index (χ0n) is 10.9. The minimum atomic E-state index is -1.01. The first-order valence-corrected chi connectivity index (χ1v) is 5.99. The van der Waals surface area contributed by atoms with Gasteiger partial charge in [-0.15, -0.1) is 0 Å². The molecule has 0 bridgehead atoms. The Morgan fingerprint density at radius 1 is 1.22 bits per heavy atom. The van der Waals surface area contributed by atoms with Gasteiger partial charge in [0.05, 0.1) is 0 Å². The minimum absolute atomic E-state index is 0.218. The topological polar surface area (TPSA) is 66.4 Å². The molecular formula is C14H19NO3. The van der Waals surface area contributed by atoms with E-state index in [2.05, 4.69) is 5.32 Å². The molecule has 98 valence electrons. The fourth-order valence-corrected chi connectivity index (χ4v) is 1.50. The second-order valence-electron chi connectivity index (χ2n) is 4.74. The number of rotatable bonds is 5. The predicted molar refractivity (Wildman–Crippen MR) is 69.3 cm³/mol. The maximum atomic E-state index is 11.5. The molecule has 1 aromatic rings. The molecule has 2 N–H and O–H groups in total. The highest BCUT2D eigenvalue weighted by molar-refractivity contribution is 5.84. The summed E-state index contributed by atoms with van der Waals surface area (Å²) >= 11 is 0. The Morgan fingerprint density at radius 3 is 2.22 bits per heavy atom. The van der Waals surface area contributed by atoms with Crippen LogP contribution >= 0.6 is 0 Å². The first-order chi connectivity index (χ1) is 8.40. The van der Waals surface area contributed by atoms with Crippen molar-refractivity contribution in [2.45, 2.75) is 33.2 Å². The maximum absolute atomic E-state index is 11.5. The fourth-order valence-electron chi connectivity index (χ4n) is 1.50. The monoisotopic (exact) mass is 249 g/mol. The van der Waals surface area contributed by atoms with Gasteiger partial charge < -0.3 is 10.4 Å². The molecule has 0 fully saturated rings. The summed E-state index contributed by atoms with van der Waals surface area (Å²) in [4.78, 5) is 22.6. The summed E-state index contributed by atoms with van der Waals surface area (Å²) in [6.07, 6.45) is 0.300. The van der Waals surface area contributed by atoms with E-state index in [0.29, 0.717) is 6.42 Å². The molecule has 1 atom stereocenters. The number of carboxylic acid groups (broad SMARTS) is 1. The lowest BCUT2D eigenvalue weighted by Gasteiger charge is -2.16. The Hall–Kier alpha value is -1.84. The Kier molecular flexibility index (Phi) is 4.89. The number of aryl methyl sites for hydroxylation is 1. The van der Waals surface area contributed by atoms with Crippen LogP contribution in [0.3, 0.4) is 0 Å². The minimum Gasteiger partial charge on any atom is -0.480 e. The average Bonchev–Trinajstić information content (AvgIpc) is 2.30. The summed E-state index contributed by atoms with van der Waals surface area (Å²) in [5, 5.41) is 11.6. The molecule has 0 aliphatic heterocycles. The first kappa shape index (κ1) is 14.2. The highest BCUT2D eigenvalue weighted by Gasteiger charge is 2.21. The lowest BCUT2D eigenvalue weighted by molar-refractivity contribution is -0.142. The van der Waals surface area contributed by atoms with Crippen molar-refractivity contribution in [1.82, 2.24) is 5.32 Å². The van der Waals surface area contributed by atoms with E-state index in [-0.39, 0.29) is 11.8 Å². The molecule has 0 unspecified atom stereocenters. The number of carbonyl (C=O) groups is 2. The Bertz CT molecular complexity index is 423. The van der Waals surface area contributed by atoms with E-state index in [9.17, 15) is 9.59 Å². The normalized spacial score (nSPS) is 12.2. The van der Waals surface area contributed by atoms with Crippen molar-refractivity contribution >= 4 is 11.9 Å². The van der Waals surface area contributed by atoms with Crippen LogP contribution in [0, 0.1) is 12.8 Å². The standard InChI is InChI=1S/C14H19NO3/c1-9(2)13(16)15-12(14(17)18)8-11-6-4-10(3)5-7-11/h4-7,9,12H,8H2,1-3H3,(H,15,16)(H,17,18)/t12-/m1/s1. The van der Waals surface area contributed by atoms with Crippen LogP contribution in [0.2, 0.25) is 0 Å². The largest absolute Gasteiger partial charge is 0.480 e. The van der Waals surface area contributed by atoms with Crippen LogP contribution in [-0.4, -0.2) is 23.0 Å². The van der Waals surface area contributed by atoms with Gasteiger partial charge in [-0.05, 0) is 12.5 Å². The molecule has 0 aromatic heterocycles. The van der Waals surface area contributed by atoms with Gasteiger partial charge in [0.15, 0.2) is 0 Å². The molecule has 0 saturated heterocycles. The fraction of sp³-hybridized carbons (Fsp3) is 0.429. The van der Waals surface area contributed by atoms with Gasteiger partial charge in [-0.3, -0.25) is 4.79 Å². The molecule has 4 heteroatoms. The van der Waals surface area contributed by atoms with Crippen LogP contribution in [0.1, 0.15) is 25.0 Å². The van der Waals surface area contributed by atoms with Crippen molar-refractivity contribution in [3.05, 3.63) is 35.4 Å². The highest BCUT2D eigenvalue weighted by Crippen LogP contribution is 2.07. The third-order valence-electron chi connectivity index (χ3n) is 2.70. The van der Waals surface area contributed by atoms with Crippen LogP contribution < -0.4 is 5.32 Å². The predicted octanol–water partition coefficient (Wildman–Crippen LogP) is 1.76. The van der Waals surface area contributed by atoms with E-state index in [1.807, 2.05) is 31.2 Å². The number of aliphatic carboxylic acids is 1. The molecule has 0 aliphatic rings. The second-order valence-corrected chi connectivity index (χ2v) is 4.74. The molecule has 0 aliphatic carbocycles. The number of benzene rings is 1. The SMILES string of the molecule is Cc1ccc(C[C@@H](NC(=O)C(C)C)C(=O)O)cc1. The van der Waals surface area contributed by atoms with Crippen LogP contribution in [0.15, 0.2) is 24.3 Å². The molecule has 4 nitrogen and oxygen atoms in total. The first-order valence-electron chi connectivity index (χ1n) is 5.99. The van der Waals surface area contributed by atoms with Gasteiger partial charge in [0.1, 0.15) is 6.04 Å². The van der Waals surface area contributed by atoms with Gasteiger partial charge in [-0.25, -0.2) is 4.79 Å². The number of amides is 1. The number of hydrogen-bond acceptors (Lipinski definition) is 2. The summed E-state index contributed by atoms with van der Waals surface area (Å²) in [5.41, 5.74) is 2.02. The van der Waals surface area contributed by atoms with E-state index < -0.39 is 12.0 Å². The summed E-state index contributed by atoms with van der Waals surface area (Å²) in [7, 11) is 0. The molecule has 1 aromatic carbocycles. The molecule has 0 spiro atoms. The molecule has 1 amide bonds. The second kappa shape index (κ2) is 6.19. The van der Waals surface area contributed by atoms with E-state index in [0.717, 1.165) is 11.1 Å². The summed E-state index contributed by atoms with van der Waals surface area (Å²) in [6, 6.07) is 6.75. The Balaban J connectivity index is 2.72. The summed E-state index contributed by atoms with van der Waals surface area (Å²) < 4.78 is 0. The zero-order valence-corrected chi connectivity index (χ0v) is 10.9. The third-order valence-corrected chi connectivity index (χ3v) is 2.70. The average molecular weight is 249 g/mol. The van der Waals surface area contributed by atoms with Crippen molar-refractivity contribution < 1.29 is 14.7 Å². The van der Waals surface area contributed by atoms with Gasteiger partial charge in [-0.1, -0.05) is 43.7 Å². The third kappa shape index (κ3) is 4.20. The number of carbonyl (C=O) groups excluding carboxylic acids is 1. The molecule has 1 rings (SSSR count). The van der Waals surface area contributed by atoms with Gasteiger partial charge in [0.25, 0.3) is 0 Å². The highest BCUT2D eigenvalue weighted by atomic mass is 16.4. The van der Waals surface area contributed by atoms with Gasteiger partial charge >= 0.3 is 5.97 Å². The van der Waals surface area contributed by atoms with Crippen LogP contribution in [-0.2, 0) is 16.0 Å². The molecule has 0 heterocycles. The van der Waals surface area contributed by atoms with Gasteiger partial charge in [0, 0.05) is 12.3 Å². The quantitative estimate of drug-likeness (QED) is 0.835. The number of carboxylic acids is 1. The molecule has 0 radical (unpaired) electrons. The number of nitrogens with one attached hydrogen (secondary N) is 1. The Morgan fingerprint density at radius 2 is 1.78 bits per heavy atom. The van der Waals surface area contributed by atoms with Gasteiger partial charge in [0.2, 0.25) is 5.91 Å². The Labute approximate surface area is 107 Å². The number of hydrogen-bond donors (Lipinski definition) is 2. The van der Waals surface area contributed by atoms with E-state index >= 15 is 0 Å². The molecular weight excluding hydrogens is 230 g/mol. The maximum Gasteiger partial charge on any atom is 0.326 e. The van der Waals surface area contributed by atoms with Crippen molar-refractivity contribution in [2.24, 2.45) is 5.92 Å². The molecule has 18 heavy (non-hydrogen) atoms. The van der Waals surface area contributed by atoms with Crippen molar-refractivity contribution in [3.8, 4) is 0 Å². The van der Waals surface area contributed by atoms with Crippen LogP contribution in [0.5, 0.6) is 0 Å². The van der Waals surface area contributed by atoms with Crippen LogP contribution in [0.25, 0.3) is 0 Å².